The fourth-order valence-corrected chi connectivity index (χ4v) is 2.48. The molecule has 0 aliphatic heterocycles. The molecule has 0 spiro atoms. The minimum Gasteiger partial charge on any atom is -0.399 e. The molecule has 0 radical (unpaired) electrons. The summed E-state index contributed by atoms with van der Waals surface area (Å²) < 4.78 is 0. The van der Waals surface area contributed by atoms with Gasteiger partial charge in [-0.25, -0.2) is 0 Å². The second kappa shape index (κ2) is 7.53. The zero-order chi connectivity index (χ0) is 14.6. The predicted molar refractivity (Wildman–Crippen MR) is 88.4 cm³/mol. The van der Waals surface area contributed by atoms with Crippen LogP contribution in [0.5, 0.6) is 0 Å². The zero-order valence-corrected chi connectivity index (χ0v) is 13.9. The summed E-state index contributed by atoms with van der Waals surface area (Å²) in [4.78, 5) is 12.2. The standard InChI is InChI=1S/C16H26N2O.ClH/c1-11(2)9-16(4,5)10-18-15(19)14-8-13(17)7-6-12(14)3;/h6-8,11H,9-10,17H2,1-5H3,(H,18,19);1H. The second-order valence-electron chi connectivity index (χ2n) is 6.52. The molecule has 1 aromatic rings. The monoisotopic (exact) mass is 298 g/mol. The molecule has 1 aromatic carbocycles. The Hall–Kier alpha value is -1.22. The molecule has 0 bridgehead atoms. The van der Waals surface area contributed by atoms with Crippen molar-refractivity contribution in [2.75, 3.05) is 12.3 Å². The average Bonchev–Trinajstić information content (AvgIpc) is 2.27. The maximum atomic E-state index is 12.2. The lowest BCUT2D eigenvalue weighted by atomic mass is 9.84. The molecular formula is C16H27ClN2O. The molecule has 0 aliphatic carbocycles. The molecule has 0 unspecified atom stereocenters. The van der Waals surface area contributed by atoms with Crippen LogP contribution in [0.4, 0.5) is 5.69 Å². The molecule has 1 amide bonds. The molecule has 0 fully saturated rings. The van der Waals surface area contributed by atoms with Crippen LogP contribution >= 0.6 is 12.4 Å². The maximum Gasteiger partial charge on any atom is 0.251 e. The lowest BCUT2D eigenvalue weighted by Crippen LogP contribution is -2.35. The smallest absolute Gasteiger partial charge is 0.251 e. The van der Waals surface area contributed by atoms with Crippen molar-refractivity contribution >= 4 is 24.0 Å². The summed E-state index contributed by atoms with van der Waals surface area (Å²) in [5.74, 6) is 0.586. The summed E-state index contributed by atoms with van der Waals surface area (Å²) in [7, 11) is 0. The lowest BCUT2D eigenvalue weighted by Gasteiger charge is -2.27. The molecule has 0 aliphatic rings. The van der Waals surface area contributed by atoms with Crippen LogP contribution in [0, 0.1) is 18.3 Å². The molecule has 114 valence electrons. The Labute approximate surface area is 128 Å². The van der Waals surface area contributed by atoms with Crippen LogP contribution in [0.2, 0.25) is 0 Å². The SMILES string of the molecule is Cc1ccc(N)cc1C(=O)NCC(C)(C)CC(C)C.Cl. The van der Waals surface area contributed by atoms with Crippen molar-refractivity contribution in [3.05, 3.63) is 29.3 Å². The largest absolute Gasteiger partial charge is 0.399 e. The molecule has 0 saturated carbocycles. The van der Waals surface area contributed by atoms with Gasteiger partial charge in [0.25, 0.3) is 5.91 Å². The van der Waals surface area contributed by atoms with E-state index in [-0.39, 0.29) is 23.7 Å². The van der Waals surface area contributed by atoms with E-state index in [2.05, 4.69) is 33.0 Å². The fourth-order valence-electron chi connectivity index (χ4n) is 2.48. The fraction of sp³-hybridized carbons (Fsp3) is 0.562. The van der Waals surface area contributed by atoms with Crippen molar-refractivity contribution < 1.29 is 4.79 Å². The minimum atomic E-state index is -0.0402. The molecular weight excluding hydrogens is 272 g/mol. The Morgan fingerprint density at radius 1 is 1.35 bits per heavy atom. The number of amides is 1. The number of nitrogens with two attached hydrogens (primary N) is 1. The molecule has 0 atom stereocenters. The van der Waals surface area contributed by atoms with Crippen molar-refractivity contribution in [1.82, 2.24) is 5.32 Å². The van der Waals surface area contributed by atoms with Gasteiger partial charge in [0.15, 0.2) is 0 Å². The van der Waals surface area contributed by atoms with Crippen LogP contribution in [0.15, 0.2) is 18.2 Å². The number of nitrogens with one attached hydrogen (secondary N) is 1. The topological polar surface area (TPSA) is 55.1 Å². The minimum absolute atomic E-state index is 0. The number of hydrogen-bond donors (Lipinski definition) is 2. The first-order chi connectivity index (χ1) is 8.71. The van der Waals surface area contributed by atoms with Crippen molar-refractivity contribution in [3.63, 3.8) is 0 Å². The van der Waals surface area contributed by atoms with E-state index < -0.39 is 0 Å². The van der Waals surface area contributed by atoms with Crippen LogP contribution in [-0.4, -0.2) is 12.5 Å². The average molecular weight is 299 g/mol. The quantitative estimate of drug-likeness (QED) is 0.812. The van der Waals surface area contributed by atoms with Gasteiger partial charge in [-0.05, 0) is 42.4 Å². The van der Waals surface area contributed by atoms with E-state index in [0.29, 0.717) is 23.7 Å². The Morgan fingerprint density at radius 2 is 1.95 bits per heavy atom. The van der Waals surface area contributed by atoms with Crippen LogP contribution in [0.25, 0.3) is 0 Å². The second-order valence-corrected chi connectivity index (χ2v) is 6.52. The molecule has 20 heavy (non-hydrogen) atoms. The molecule has 3 N–H and O–H groups in total. The lowest BCUT2D eigenvalue weighted by molar-refractivity contribution is 0.0931. The first-order valence-corrected chi connectivity index (χ1v) is 6.85. The van der Waals surface area contributed by atoms with Crippen LogP contribution in [-0.2, 0) is 0 Å². The normalized spacial score (nSPS) is 11.1. The number of rotatable bonds is 5. The Bertz CT molecular complexity index is 456. The van der Waals surface area contributed by atoms with E-state index >= 15 is 0 Å². The third-order valence-corrected chi connectivity index (χ3v) is 3.19. The van der Waals surface area contributed by atoms with E-state index in [0.717, 1.165) is 12.0 Å². The van der Waals surface area contributed by atoms with Gasteiger partial charge < -0.3 is 11.1 Å². The summed E-state index contributed by atoms with van der Waals surface area (Å²) in [6.45, 7) is 11.4. The number of nitrogen functional groups attached to an aromatic ring is 1. The van der Waals surface area contributed by atoms with Gasteiger partial charge in [-0.3, -0.25) is 4.79 Å². The Kier molecular flexibility index (Phi) is 7.07. The summed E-state index contributed by atoms with van der Waals surface area (Å²) in [6, 6.07) is 5.43. The summed E-state index contributed by atoms with van der Waals surface area (Å²) in [5, 5.41) is 3.02. The highest BCUT2D eigenvalue weighted by Crippen LogP contribution is 2.24. The maximum absolute atomic E-state index is 12.2. The first-order valence-electron chi connectivity index (χ1n) is 6.85. The molecule has 4 heteroatoms. The molecule has 3 nitrogen and oxygen atoms in total. The third kappa shape index (κ3) is 5.83. The van der Waals surface area contributed by atoms with Gasteiger partial charge in [0.1, 0.15) is 0 Å². The molecule has 0 aromatic heterocycles. The van der Waals surface area contributed by atoms with Gasteiger partial charge in [0, 0.05) is 17.8 Å². The molecule has 0 saturated heterocycles. The van der Waals surface area contributed by atoms with E-state index in [4.69, 9.17) is 5.73 Å². The van der Waals surface area contributed by atoms with Gasteiger partial charge in [0.05, 0.1) is 0 Å². The predicted octanol–water partition coefficient (Wildman–Crippen LogP) is 3.80. The Morgan fingerprint density at radius 3 is 2.50 bits per heavy atom. The number of halogens is 1. The highest BCUT2D eigenvalue weighted by Gasteiger charge is 2.21. The van der Waals surface area contributed by atoms with E-state index in [9.17, 15) is 4.79 Å². The summed E-state index contributed by atoms with van der Waals surface area (Å²) in [6.07, 6.45) is 1.09. The van der Waals surface area contributed by atoms with Gasteiger partial charge in [-0.1, -0.05) is 33.8 Å². The number of carbonyl (C=O) groups excluding carboxylic acids is 1. The van der Waals surface area contributed by atoms with Crippen LogP contribution in [0.3, 0.4) is 0 Å². The van der Waals surface area contributed by atoms with Crippen molar-refractivity contribution in [2.24, 2.45) is 11.3 Å². The number of carbonyl (C=O) groups is 1. The van der Waals surface area contributed by atoms with Gasteiger partial charge in [0.2, 0.25) is 0 Å². The van der Waals surface area contributed by atoms with Crippen molar-refractivity contribution in [1.29, 1.82) is 0 Å². The van der Waals surface area contributed by atoms with E-state index in [1.54, 1.807) is 6.07 Å². The van der Waals surface area contributed by atoms with Gasteiger partial charge >= 0.3 is 0 Å². The molecule has 0 heterocycles. The highest BCUT2D eigenvalue weighted by molar-refractivity contribution is 5.96. The van der Waals surface area contributed by atoms with Gasteiger partial charge in [-0.2, -0.15) is 0 Å². The van der Waals surface area contributed by atoms with E-state index in [1.165, 1.54) is 0 Å². The highest BCUT2D eigenvalue weighted by atomic mass is 35.5. The third-order valence-electron chi connectivity index (χ3n) is 3.19. The van der Waals surface area contributed by atoms with Crippen molar-refractivity contribution in [2.45, 2.75) is 41.0 Å². The zero-order valence-electron chi connectivity index (χ0n) is 13.1. The number of hydrogen-bond acceptors (Lipinski definition) is 2. The molecule has 1 rings (SSSR count). The van der Waals surface area contributed by atoms with E-state index in [1.807, 2.05) is 19.1 Å². The number of aryl methyl sites for hydroxylation is 1. The van der Waals surface area contributed by atoms with Gasteiger partial charge in [-0.15, -0.1) is 12.4 Å². The van der Waals surface area contributed by atoms with Crippen LogP contribution in [0.1, 0.15) is 50.0 Å². The first kappa shape index (κ1) is 18.8. The number of benzene rings is 1. The number of anilines is 1. The van der Waals surface area contributed by atoms with Crippen LogP contribution < -0.4 is 11.1 Å². The van der Waals surface area contributed by atoms with Crippen molar-refractivity contribution in [3.8, 4) is 0 Å². The Balaban J connectivity index is 0.00000361. The summed E-state index contributed by atoms with van der Waals surface area (Å²) >= 11 is 0. The summed E-state index contributed by atoms with van der Waals surface area (Å²) in [5.41, 5.74) is 8.08.